The molecule has 5 nitrogen and oxygen atoms in total. The number of fused-ring (bicyclic) bond motifs is 3. The van der Waals surface area contributed by atoms with Gasteiger partial charge in [-0.1, -0.05) is 0 Å². The van der Waals surface area contributed by atoms with Gasteiger partial charge in [-0.3, -0.25) is 0 Å². The minimum Gasteiger partial charge on any atom is -0.338 e. The topological polar surface area (TPSA) is 36.7 Å². The van der Waals surface area contributed by atoms with Gasteiger partial charge >= 0.3 is 6.18 Å². The summed E-state index contributed by atoms with van der Waals surface area (Å²) in [5.41, 5.74) is 1.29. The van der Waals surface area contributed by atoms with Crippen molar-refractivity contribution in [1.82, 2.24) is 19.5 Å². The second kappa shape index (κ2) is 5.59. The summed E-state index contributed by atoms with van der Waals surface area (Å²) in [5, 5.41) is 4.93. The summed E-state index contributed by atoms with van der Waals surface area (Å²) in [6, 6.07) is 5.50. The highest BCUT2D eigenvalue weighted by atomic mass is 19.4. The molecule has 0 spiro atoms. The molecule has 8 heteroatoms. The number of piperazine rings is 1. The largest absolute Gasteiger partial charge is 0.416 e. The smallest absolute Gasteiger partial charge is 0.338 e. The molecule has 0 N–H and O–H groups in total. The van der Waals surface area contributed by atoms with Crippen LogP contribution in [0.3, 0.4) is 0 Å². The minimum absolute atomic E-state index is 0.466. The van der Waals surface area contributed by atoms with Crippen LogP contribution in [-0.2, 0) is 6.18 Å². The fraction of sp³-hybridized carbons (Fsp3) is 0.412. The number of halogens is 3. The average Bonchev–Trinajstić information content (AvgIpc) is 2.95. The third-order valence-electron chi connectivity index (χ3n) is 4.63. The molecule has 132 valence electrons. The minimum atomic E-state index is -4.38. The summed E-state index contributed by atoms with van der Waals surface area (Å²) in [7, 11) is 2.07. The number of likely N-dealkylation sites (N-methyl/N-ethyl adjacent to an activating group) is 1. The molecule has 0 bridgehead atoms. The maximum atomic E-state index is 13.1. The predicted octanol–water partition coefficient (Wildman–Crippen LogP) is 2.96. The van der Waals surface area contributed by atoms with E-state index in [0.717, 1.165) is 44.0 Å². The number of aromatic nitrogens is 3. The lowest BCUT2D eigenvalue weighted by atomic mass is 10.1. The van der Waals surface area contributed by atoms with Crippen molar-refractivity contribution in [3.63, 3.8) is 0 Å². The Hall–Kier alpha value is -2.35. The lowest BCUT2D eigenvalue weighted by molar-refractivity contribution is -0.137. The zero-order valence-corrected chi connectivity index (χ0v) is 14.0. The van der Waals surface area contributed by atoms with Crippen LogP contribution < -0.4 is 4.90 Å². The number of benzene rings is 1. The van der Waals surface area contributed by atoms with E-state index in [1.54, 1.807) is 4.52 Å². The van der Waals surface area contributed by atoms with Crippen molar-refractivity contribution in [3.05, 3.63) is 35.5 Å². The zero-order valence-electron chi connectivity index (χ0n) is 14.0. The van der Waals surface area contributed by atoms with E-state index in [1.807, 2.05) is 13.0 Å². The summed E-state index contributed by atoms with van der Waals surface area (Å²) >= 11 is 0. The average molecular weight is 349 g/mol. The molecule has 2 aromatic heterocycles. The molecule has 3 aromatic rings. The highest BCUT2D eigenvalue weighted by Crippen LogP contribution is 2.33. The second-order valence-corrected chi connectivity index (χ2v) is 6.51. The van der Waals surface area contributed by atoms with E-state index < -0.39 is 11.7 Å². The summed E-state index contributed by atoms with van der Waals surface area (Å²) < 4.78 is 40.9. The van der Waals surface area contributed by atoms with Gasteiger partial charge in [0.05, 0.1) is 22.3 Å². The van der Waals surface area contributed by atoms with Crippen LogP contribution in [0.1, 0.15) is 11.3 Å². The molecule has 1 saturated heterocycles. The normalized spacial score (nSPS) is 16.9. The number of alkyl halides is 3. The monoisotopic (exact) mass is 349 g/mol. The van der Waals surface area contributed by atoms with Crippen LogP contribution >= 0.6 is 0 Å². The predicted molar refractivity (Wildman–Crippen MR) is 89.9 cm³/mol. The molecule has 1 aliphatic rings. The van der Waals surface area contributed by atoms with Crippen molar-refractivity contribution >= 4 is 22.4 Å². The van der Waals surface area contributed by atoms with Crippen LogP contribution in [0.5, 0.6) is 0 Å². The van der Waals surface area contributed by atoms with E-state index >= 15 is 0 Å². The third kappa shape index (κ3) is 2.80. The quantitative estimate of drug-likeness (QED) is 0.677. The molecule has 3 heterocycles. The molecular weight excluding hydrogens is 331 g/mol. The SMILES string of the molecule is Cc1cc2c3cc(C(F)(F)F)ccc3nc(N3CCN(C)CC3)n2n1. The van der Waals surface area contributed by atoms with Gasteiger partial charge < -0.3 is 9.80 Å². The van der Waals surface area contributed by atoms with Crippen LogP contribution in [0.25, 0.3) is 16.4 Å². The standard InChI is InChI=1S/C17H18F3N5/c1-11-9-15-13-10-12(17(18,19)20)3-4-14(13)21-16(25(15)22-11)24-7-5-23(2)6-8-24/h3-4,9-10H,5-8H2,1-2H3. The molecule has 0 amide bonds. The fourth-order valence-electron chi connectivity index (χ4n) is 3.23. The van der Waals surface area contributed by atoms with Gasteiger partial charge in [0.25, 0.3) is 0 Å². The highest BCUT2D eigenvalue weighted by molar-refractivity contribution is 5.95. The number of anilines is 1. The first-order chi connectivity index (χ1) is 11.8. The van der Waals surface area contributed by atoms with Crippen molar-refractivity contribution in [2.24, 2.45) is 0 Å². The van der Waals surface area contributed by atoms with Gasteiger partial charge in [-0.15, -0.1) is 0 Å². The maximum absolute atomic E-state index is 13.1. The Morgan fingerprint density at radius 3 is 2.44 bits per heavy atom. The first-order valence-electron chi connectivity index (χ1n) is 8.14. The van der Waals surface area contributed by atoms with Crippen LogP contribution in [-0.4, -0.2) is 52.7 Å². The van der Waals surface area contributed by atoms with Gasteiger partial charge in [0.2, 0.25) is 5.95 Å². The van der Waals surface area contributed by atoms with Gasteiger partial charge in [0, 0.05) is 31.6 Å². The number of nitrogens with zero attached hydrogens (tertiary/aromatic N) is 5. The maximum Gasteiger partial charge on any atom is 0.416 e. The van der Waals surface area contributed by atoms with Gasteiger partial charge in [0.1, 0.15) is 0 Å². The lowest BCUT2D eigenvalue weighted by Gasteiger charge is -2.33. The van der Waals surface area contributed by atoms with E-state index in [9.17, 15) is 13.2 Å². The molecular formula is C17H18F3N5. The second-order valence-electron chi connectivity index (χ2n) is 6.51. The fourth-order valence-corrected chi connectivity index (χ4v) is 3.23. The highest BCUT2D eigenvalue weighted by Gasteiger charge is 2.31. The Morgan fingerprint density at radius 1 is 1.04 bits per heavy atom. The first-order valence-corrected chi connectivity index (χ1v) is 8.14. The summed E-state index contributed by atoms with van der Waals surface area (Å²) in [6.07, 6.45) is -4.38. The number of aryl methyl sites for hydroxylation is 1. The van der Waals surface area contributed by atoms with Gasteiger partial charge in [0.15, 0.2) is 0 Å². The van der Waals surface area contributed by atoms with Crippen molar-refractivity contribution < 1.29 is 13.2 Å². The zero-order chi connectivity index (χ0) is 17.8. The molecule has 0 unspecified atom stereocenters. The first kappa shape index (κ1) is 16.1. The van der Waals surface area contributed by atoms with Crippen LogP contribution in [0.4, 0.5) is 19.1 Å². The molecule has 25 heavy (non-hydrogen) atoms. The van der Waals surface area contributed by atoms with Gasteiger partial charge in [-0.05, 0) is 38.2 Å². The Labute approximate surface area is 142 Å². The summed E-state index contributed by atoms with van der Waals surface area (Å²) in [4.78, 5) is 9.00. The number of rotatable bonds is 1. The van der Waals surface area contributed by atoms with Crippen LogP contribution in [0.2, 0.25) is 0 Å². The van der Waals surface area contributed by atoms with Crippen molar-refractivity contribution in [1.29, 1.82) is 0 Å². The summed E-state index contributed by atoms with van der Waals surface area (Å²) in [5.74, 6) is 0.684. The van der Waals surface area contributed by atoms with Crippen molar-refractivity contribution in [3.8, 4) is 0 Å². The van der Waals surface area contributed by atoms with E-state index in [-0.39, 0.29) is 0 Å². The van der Waals surface area contributed by atoms with Crippen LogP contribution in [0.15, 0.2) is 24.3 Å². The van der Waals surface area contributed by atoms with Gasteiger partial charge in [-0.25, -0.2) is 4.98 Å². The number of hydrogen-bond donors (Lipinski definition) is 0. The van der Waals surface area contributed by atoms with Crippen molar-refractivity contribution in [2.75, 3.05) is 38.1 Å². The Balaban J connectivity index is 1.92. The lowest BCUT2D eigenvalue weighted by Crippen LogP contribution is -2.45. The van der Waals surface area contributed by atoms with E-state index in [2.05, 4.69) is 26.9 Å². The molecule has 0 atom stereocenters. The number of hydrogen-bond acceptors (Lipinski definition) is 4. The summed E-state index contributed by atoms with van der Waals surface area (Å²) in [6.45, 7) is 5.27. The molecule has 1 fully saturated rings. The van der Waals surface area contributed by atoms with Gasteiger partial charge in [-0.2, -0.15) is 22.8 Å². The van der Waals surface area contributed by atoms with E-state index in [0.29, 0.717) is 22.4 Å². The molecule has 1 aliphatic heterocycles. The van der Waals surface area contributed by atoms with E-state index in [4.69, 9.17) is 0 Å². The molecule has 0 radical (unpaired) electrons. The van der Waals surface area contributed by atoms with E-state index in [1.165, 1.54) is 6.07 Å². The molecule has 1 aromatic carbocycles. The Bertz CT molecular complexity index is 939. The van der Waals surface area contributed by atoms with Crippen molar-refractivity contribution in [2.45, 2.75) is 13.1 Å². The molecule has 4 rings (SSSR count). The molecule has 0 saturated carbocycles. The van der Waals surface area contributed by atoms with Crippen LogP contribution in [0, 0.1) is 6.92 Å². The Kier molecular flexibility index (Phi) is 3.61. The third-order valence-corrected chi connectivity index (χ3v) is 4.63. The molecule has 0 aliphatic carbocycles. The Morgan fingerprint density at radius 2 is 1.76 bits per heavy atom.